The van der Waals surface area contributed by atoms with Gasteiger partial charge in [0.1, 0.15) is 0 Å². The highest BCUT2D eigenvalue weighted by molar-refractivity contribution is 5.64. The minimum absolute atomic E-state index is 0.0639. The number of aryl methyl sites for hydroxylation is 1. The van der Waals surface area contributed by atoms with Crippen LogP contribution in [0.4, 0.5) is 0 Å². The summed E-state index contributed by atoms with van der Waals surface area (Å²) in [5.41, 5.74) is 6.61. The minimum Gasteiger partial charge on any atom is -0.353 e. The maximum Gasteiger partial charge on any atom is 0.157 e. The van der Waals surface area contributed by atoms with Crippen LogP contribution in [0.5, 0.6) is 0 Å². The molecule has 0 amide bonds. The van der Waals surface area contributed by atoms with Gasteiger partial charge in [-0.1, -0.05) is 55.5 Å². The van der Waals surface area contributed by atoms with Gasteiger partial charge in [0, 0.05) is 6.61 Å². The molecule has 2 heteroatoms. The first-order valence-corrected chi connectivity index (χ1v) is 11.1. The van der Waals surface area contributed by atoms with Crippen molar-refractivity contribution in [1.82, 2.24) is 0 Å². The molecule has 1 unspecified atom stereocenters. The fraction of sp³-hybridized carbons (Fsp3) is 0.538. The van der Waals surface area contributed by atoms with Crippen LogP contribution in [0.15, 0.2) is 48.5 Å². The average molecular weight is 377 g/mol. The van der Waals surface area contributed by atoms with E-state index in [-0.39, 0.29) is 6.29 Å². The van der Waals surface area contributed by atoms with E-state index >= 15 is 0 Å². The Labute approximate surface area is 169 Å². The van der Waals surface area contributed by atoms with E-state index in [1.807, 2.05) is 0 Å². The highest BCUT2D eigenvalue weighted by Crippen LogP contribution is 2.75. The van der Waals surface area contributed by atoms with Crippen molar-refractivity contribution in [2.24, 2.45) is 5.41 Å². The molecule has 1 aliphatic heterocycles. The van der Waals surface area contributed by atoms with Gasteiger partial charge in [-0.15, -0.1) is 0 Å². The van der Waals surface area contributed by atoms with Crippen LogP contribution >= 0.6 is 0 Å². The van der Waals surface area contributed by atoms with Crippen LogP contribution in [0.25, 0.3) is 11.1 Å². The normalized spacial score (nSPS) is 31.1. The Hall–Kier alpha value is -1.64. The first-order valence-electron chi connectivity index (χ1n) is 11.1. The third-order valence-corrected chi connectivity index (χ3v) is 7.41. The van der Waals surface area contributed by atoms with Crippen molar-refractivity contribution in [3.05, 3.63) is 59.7 Å². The van der Waals surface area contributed by atoms with Gasteiger partial charge in [0.2, 0.25) is 0 Å². The van der Waals surface area contributed by atoms with Gasteiger partial charge in [-0.3, -0.25) is 0 Å². The van der Waals surface area contributed by atoms with Gasteiger partial charge in [-0.2, -0.15) is 0 Å². The summed E-state index contributed by atoms with van der Waals surface area (Å²) in [5, 5.41) is 0. The summed E-state index contributed by atoms with van der Waals surface area (Å²) < 4.78 is 11.7. The Morgan fingerprint density at radius 1 is 0.929 bits per heavy atom. The van der Waals surface area contributed by atoms with E-state index in [1.54, 1.807) is 5.56 Å². The maximum atomic E-state index is 5.98. The van der Waals surface area contributed by atoms with E-state index in [0.717, 1.165) is 26.1 Å². The standard InChI is InChI=1S/C26H32O2/c1-2-20-6-8-21(9-7-20)22-10-12-23(13-11-22)26-17-25(18-26,19-26)14-16-28-24-5-3-4-15-27-24/h6-13,24H,2-5,14-19H2,1H3. The molecule has 4 aliphatic rings. The molecule has 6 rings (SSSR count). The molecule has 4 fully saturated rings. The largest absolute Gasteiger partial charge is 0.353 e. The molecule has 3 aliphatic carbocycles. The topological polar surface area (TPSA) is 18.5 Å². The first kappa shape index (κ1) is 18.4. The van der Waals surface area contributed by atoms with Crippen LogP contribution < -0.4 is 0 Å². The van der Waals surface area contributed by atoms with Crippen LogP contribution in [-0.2, 0) is 21.3 Å². The maximum absolute atomic E-state index is 5.98. The molecule has 1 saturated heterocycles. The lowest BCUT2D eigenvalue weighted by molar-refractivity contribution is -0.194. The highest BCUT2D eigenvalue weighted by atomic mass is 16.7. The molecule has 2 bridgehead atoms. The molecule has 0 aromatic heterocycles. The molecule has 2 aromatic carbocycles. The lowest BCUT2D eigenvalue weighted by Gasteiger charge is -2.71. The Bertz CT molecular complexity index is 780. The molecule has 148 valence electrons. The van der Waals surface area contributed by atoms with Crippen LogP contribution in [0.1, 0.15) is 63.0 Å². The summed E-state index contributed by atoms with van der Waals surface area (Å²) in [6.07, 6.45) is 9.92. The van der Waals surface area contributed by atoms with Crippen molar-refractivity contribution in [3.8, 4) is 11.1 Å². The summed E-state index contributed by atoms with van der Waals surface area (Å²) >= 11 is 0. The predicted molar refractivity (Wildman–Crippen MR) is 113 cm³/mol. The zero-order valence-electron chi connectivity index (χ0n) is 17.1. The Morgan fingerprint density at radius 3 is 2.21 bits per heavy atom. The lowest BCUT2D eigenvalue weighted by Crippen LogP contribution is -2.64. The van der Waals surface area contributed by atoms with Crippen LogP contribution in [0.2, 0.25) is 0 Å². The van der Waals surface area contributed by atoms with Gasteiger partial charge < -0.3 is 9.47 Å². The molecule has 0 radical (unpaired) electrons. The van der Waals surface area contributed by atoms with Crippen molar-refractivity contribution in [2.45, 2.75) is 70.0 Å². The molecular weight excluding hydrogens is 344 g/mol. The Kier molecular flexibility index (Phi) is 4.80. The fourth-order valence-corrected chi connectivity index (χ4v) is 5.77. The second-order valence-corrected chi connectivity index (χ2v) is 9.36. The van der Waals surface area contributed by atoms with Crippen molar-refractivity contribution >= 4 is 0 Å². The second kappa shape index (κ2) is 7.31. The van der Waals surface area contributed by atoms with E-state index in [2.05, 4.69) is 55.5 Å². The van der Waals surface area contributed by atoms with Crippen molar-refractivity contribution in [2.75, 3.05) is 13.2 Å². The van der Waals surface area contributed by atoms with Crippen molar-refractivity contribution in [1.29, 1.82) is 0 Å². The average Bonchev–Trinajstić information content (AvgIpc) is 2.70. The lowest BCUT2D eigenvalue weighted by atomic mass is 9.33. The minimum atomic E-state index is 0.0639. The molecule has 1 atom stereocenters. The molecule has 2 nitrogen and oxygen atoms in total. The second-order valence-electron chi connectivity index (χ2n) is 9.36. The van der Waals surface area contributed by atoms with E-state index in [0.29, 0.717) is 10.8 Å². The molecule has 0 N–H and O–H groups in total. The number of rotatable bonds is 7. The van der Waals surface area contributed by atoms with Gasteiger partial charge in [0.15, 0.2) is 6.29 Å². The van der Waals surface area contributed by atoms with Gasteiger partial charge >= 0.3 is 0 Å². The molecular formula is C26H32O2. The monoisotopic (exact) mass is 376 g/mol. The van der Waals surface area contributed by atoms with E-state index < -0.39 is 0 Å². The first-order chi connectivity index (χ1) is 13.7. The van der Waals surface area contributed by atoms with E-state index in [9.17, 15) is 0 Å². The zero-order valence-corrected chi connectivity index (χ0v) is 17.1. The number of hydrogen-bond acceptors (Lipinski definition) is 2. The molecule has 28 heavy (non-hydrogen) atoms. The number of benzene rings is 2. The van der Waals surface area contributed by atoms with Gasteiger partial charge in [-0.25, -0.2) is 0 Å². The SMILES string of the molecule is CCc1ccc(-c2ccc(C34CC(CCOC5CCCCO5)(C3)C4)cc2)cc1. The number of hydrogen-bond donors (Lipinski definition) is 0. The zero-order chi connectivity index (χ0) is 19.0. The summed E-state index contributed by atoms with van der Waals surface area (Å²) in [6.45, 7) is 3.95. The summed E-state index contributed by atoms with van der Waals surface area (Å²) in [5.74, 6) is 0. The quantitative estimate of drug-likeness (QED) is 0.567. The third kappa shape index (κ3) is 3.31. The Balaban J connectivity index is 1.14. The van der Waals surface area contributed by atoms with Gasteiger partial charge in [0.05, 0.1) is 6.61 Å². The van der Waals surface area contributed by atoms with Gasteiger partial charge in [0.25, 0.3) is 0 Å². The third-order valence-electron chi connectivity index (χ3n) is 7.41. The van der Waals surface area contributed by atoms with Crippen LogP contribution in [-0.4, -0.2) is 19.5 Å². The molecule has 3 saturated carbocycles. The highest BCUT2D eigenvalue weighted by Gasteiger charge is 2.67. The molecule has 0 spiro atoms. The molecule has 2 aromatic rings. The van der Waals surface area contributed by atoms with Crippen molar-refractivity contribution < 1.29 is 9.47 Å². The summed E-state index contributed by atoms with van der Waals surface area (Å²) in [7, 11) is 0. The molecule has 1 heterocycles. The predicted octanol–water partition coefficient (Wildman–Crippen LogP) is 6.27. The number of ether oxygens (including phenoxy) is 2. The van der Waals surface area contributed by atoms with E-state index in [1.165, 1.54) is 55.2 Å². The van der Waals surface area contributed by atoms with E-state index in [4.69, 9.17) is 9.47 Å². The summed E-state index contributed by atoms with van der Waals surface area (Å²) in [6, 6.07) is 18.4. The fourth-order valence-electron chi connectivity index (χ4n) is 5.77. The summed E-state index contributed by atoms with van der Waals surface area (Å²) in [4.78, 5) is 0. The smallest absolute Gasteiger partial charge is 0.157 e. The van der Waals surface area contributed by atoms with Crippen LogP contribution in [0, 0.1) is 5.41 Å². The van der Waals surface area contributed by atoms with Gasteiger partial charge in [-0.05, 0) is 84.5 Å². The van der Waals surface area contributed by atoms with Crippen LogP contribution in [0.3, 0.4) is 0 Å². The Morgan fingerprint density at radius 2 is 1.61 bits per heavy atom. The van der Waals surface area contributed by atoms with Crippen molar-refractivity contribution in [3.63, 3.8) is 0 Å².